The number of thiophene rings is 1. The molecule has 3 aromatic carbocycles. The van der Waals surface area contributed by atoms with Crippen molar-refractivity contribution < 1.29 is 9.90 Å². The summed E-state index contributed by atoms with van der Waals surface area (Å²) >= 11 is 1.43. The van der Waals surface area contributed by atoms with E-state index in [9.17, 15) is 9.90 Å². The predicted molar refractivity (Wildman–Crippen MR) is 103 cm³/mol. The molecule has 25 heavy (non-hydrogen) atoms. The number of anilines is 1. The van der Waals surface area contributed by atoms with E-state index in [2.05, 4.69) is 5.32 Å². The van der Waals surface area contributed by atoms with Gasteiger partial charge in [-0.1, -0.05) is 30.3 Å². The fourth-order valence-corrected chi connectivity index (χ4v) is 3.61. The van der Waals surface area contributed by atoms with Gasteiger partial charge in [0.15, 0.2) is 0 Å². The standard InChI is InChI=1S/C21H15NO2S/c23-18-9-6-15(7-10-18)19-11-12-20(25-19)21(24)22-17-8-5-14-3-1-2-4-16(14)13-17/h1-13,23H,(H,22,24). The Morgan fingerprint density at radius 3 is 2.40 bits per heavy atom. The summed E-state index contributed by atoms with van der Waals surface area (Å²) in [7, 11) is 0. The maximum absolute atomic E-state index is 12.5. The molecule has 2 N–H and O–H groups in total. The average Bonchev–Trinajstić information content (AvgIpc) is 3.12. The molecule has 0 atom stereocenters. The summed E-state index contributed by atoms with van der Waals surface area (Å²) in [5, 5.41) is 14.6. The van der Waals surface area contributed by atoms with Crippen molar-refractivity contribution >= 4 is 33.7 Å². The lowest BCUT2D eigenvalue weighted by atomic mass is 10.1. The molecule has 0 unspecified atom stereocenters. The minimum Gasteiger partial charge on any atom is -0.508 e. The molecule has 0 spiro atoms. The zero-order chi connectivity index (χ0) is 17.2. The van der Waals surface area contributed by atoms with Gasteiger partial charge in [0, 0.05) is 10.6 Å². The summed E-state index contributed by atoms with van der Waals surface area (Å²) in [6.45, 7) is 0. The van der Waals surface area contributed by atoms with Gasteiger partial charge in [-0.2, -0.15) is 0 Å². The Kier molecular flexibility index (Phi) is 3.96. The van der Waals surface area contributed by atoms with Crippen molar-refractivity contribution in [3.63, 3.8) is 0 Å². The molecular weight excluding hydrogens is 330 g/mol. The molecule has 4 heteroatoms. The molecule has 0 aliphatic rings. The van der Waals surface area contributed by atoms with Gasteiger partial charge in [0.2, 0.25) is 0 Å². The second-order valence-corrected chi connectivity index (χ2v) is 6.81. The van der Waals surface area contributed by atoms with Crippen LogP contribution in [-0.4, -0.2) is 11.0 Å². The molecule has 0 saturated carbocycles. The van der Waals surface area contributed by atoms with Gasteiger partial charge in [-0.05, 0) is 64.9 Å². The number of benzene rings is 3. The molecule has 122 valence electrons. The van der Waals surface area contributed by atoms with Crippen LogP contribution >= 0.6 is 11.3 Å². The van der Waals surface area contributed by atoms with Crippen molar-refractivity contribution in [1.82, 2.24) is 0 Å². The Morgan fingerprint density at radius 2 is 1.60 bits per heavy atom. The van der Waals surface area contributed by atoms with Gasteiger partial charge < -0.3 is 10.4 Å². The van der Waals surface area contributed by atoms with E-state index in [1.807, 2.05) is 66.7 Å². The Bertz CT molecular complexity index is 1050. The third kappa shape index (κ3) is 3.25. The van der Waals surface area contributed by atoms with Gasteiger partial charge in [0.05, 0.1) is 4.88 Å². The van der Waals surface area contributed by atoms with Crippen LogP contribution in [0.15, 0.2) is 78.9 Å². The highest BCUT2D eigenvalue weighted by Crippen LogP contribution is 2.30. The van der Waals surface area contributed by atoms with Crippen LogP contribution < -0.4 is 5.32 Å². The van der Waals surface area contributed by atoms with Crippen LogP contribution in [0.3, 0.4) is 0 Å². The van der Waals surface area contributed by atoms with Crippen molar-refractivity contribution in [2.24, 2.45) is 0 Å². The highest BCUT2D eigenvalue weighted by atomic mass is 32.1. The van der Waals surface area contributed by atoms with Crippen molar-refractivity contribution in [3.05, 3.63) is 83.7 Å². The van der Waals surface area contributed by atoms with Gasteiger partial charge in [-0.15, -0.1) is 11.3 Å². The number of nitrogens with one attached hydrogen (secondary N) is 1. The van der Waals surface area contributed by atoms with Crippen LogP contribution in [0, 0.1) is 0 Å². The molecule has 1 aromatic heterocycles. The number of hydrogen-bond donors (Lipinski definition) is 2. The number of phenolic OH excluding ortho intramolecular Hbond substituents is 1. The number of hydrogen-bond acceptors (Lipinski definition) is 3. The SMILES string of the molecule is O=C(Nc1ccc2ccccc2c1)c1ccc(-c2ccc(O)cc2)s1. The fourth-order valence-electron chi connectivity index (χ4n) is 2.70. The number of amides is 1. The molecular formula is C21H15NO2S. The molecule has 0 saturated heterocycles. The lowest BCUT2D eigenvalue weighted by Gasteiger charge is -2.05. The summed E-state index contributed by atoms with van der Waals surface area (Å²) < 4.78 is 0. The van der Waals surface area contributed by atoms with Crippen LogP contribution in [0.1, 0.15) is 9.67 Å². The van der Waals surface area contributed by atoms with Crippen LogP contribution in [-0.2, 0) is 0 Å². The second kappa shape index (κ2) is 6.42. The molecule has 4 aromatic rings. The summed E-state index contributed by atoms with van der Waals surface area (Å²) in [5.41, 5.74) is 1.76. The predicted octanol–water partition coefficient (Wildman–Crippen LogP) is 5.53. The van der Waals surface area contributed by atoms with Gasteiger partial charge in [-0.25, -0.2) is 0 Å². The van der Waals surface area contributed by atoms with E-state index in [1.54, 1.807) is 12.1 Å². The Balaban J connectivity index is 1.55. The molecule has 4 rings (SSSR count). The second-order valence-electron chi connectivity index (χ2n) is 5.73. The van der Waals surface area contributed by atoms with Crippen molar-refractivity contribution in [1.29, 1.82) is 0 Å². The molecule has 1 heterocycles. The minimum absolute atomic E-state index is 0.120. The number of aromatic hydroxyl groups is 1. The fraction of sp³-hybridized carbons (Fsp3) is 0. The Hall–Kier alpha value is -3.11. The number of fused-ring (bicyclic) bond motifs is 1. The van der Waals surface area contributed by atoms with Gasteiger partial charge in [-0.3, -0.25) is 4.79 Å². The van der Waals surface area contributed by atoms with Crippen LogP contribution in [0.2, 0.25) is 0 Å². The quantitative estimate of drug-likeness (QED) is 0.513. The first-order valence-electron chi connectivity index (χ1n) is 7.88. The van der Waals surface area contributed by atoms with Crippen LogP contribution in [0.5, 0.6) is 5.75 Å². The lowest BCUT2D eigenvalue weighted by Crippen LogP contribution is -2.09. The van der Waals surface area contributed by atoms with Gasteiger partial charge >= 0.3 is 0 Å². The van der Waals surface area contributed by atoms with E-state index in [-0.39, 0.29) is 11.7 Å². The average molecular weight is 345 g/mol. The molecule has 0 aliphatic heterocycles. The highest BCUT2D eigenvalue weighted by molar-refractivity contribution is 7.17. The monoisotopic (exact) mass is 345 g/mol. The number of phenols is 1. The maximum Gasteiger partial charge on any atom is 0.265 e. The molecule has 0 fully saturated rings. The first-order chi connectivity index (χ1) is 12.2. The number of carbonyl (C=O) groups is 1. The van der Waals surface area contributed by atoms with E-state index < -0.39 is 0 Å². The van der Waals surface area contributed by atoms with Gasteiger partial charge in [0.25, 0.3) is 5.91 Å². The van der Waals surface area contributed by atoms with E-state index in [1.165, 1.54) is 11.3 Å². The van der Waals surface area contributed by atoms with E-state index in [4.69, 9.17) is 0 Å². The maximum atomic E-state index is 12.5. The zero-order valence-electron chi connectivity index (χ0n) is 13.3. The molecule has 0 aliphatic carbocycles. The summed E-state index contributed by atoms with van der Waals surface area (Å²) in [4.78, 5) is 14.1. The van der Waals surface area contributed by atoms with Crippen molar-refractivity contribution in [2.45, 2.75) is 0 Å². The smallest absolute Gasteiger partial charge is 0.265 e. The largest absolute Gasteiger partial charge is 0.508 e. The van der Waals surface area contributed by atoms with Crippen molar-refractivity contribution in [3.8, 4) is 16.2 Å². The van der Waals surface area contributed by atoms with E-state index in [0.29, 0.717) is 4.88 Å². The van der Waals surface area contributed by atoms with Crippen LogP contribution in [0.4, 0.5) is 5.69 Å². The Labute approximate surface area is 149 Å². The number of rotatable bonds is 3. The van der Waals surface area contributed by atoms with Crippen LogP contribution in [0.25, 0.3) is 21.2 Å². The highest BCUT2D eigenvalue weighted by Gasteiger charge is 2.11. The third-order valence-corrected chi connectivity index (χ3v) is 5.12. The summed E-state index contributed by atoms with van der Waals surface area (Å²) in [6, 6.07) is 24.6. The third-order valence-electron chi connectivity index (χ3n) is 3.99. The normalized spacial score (nSPS) is 10.7. The molecule has 0 radical (unpaired) electrons. The first kappa shape index (κ1) is 15.4. The molecule has 3 nitrogen and oxygen atoms in total. The lowest BCUT2D eigenvalue weighted by molar-refractivity contribution is 0.103. The zero-order valence-corrected chi connectivity index (χ0v) is 14.1. The Morgan fingerprint density at radius 1 is 0.840 bits per heavy atom. The molecule has 1 amide bonds. The first-order valence-corrected chi connectivity index (χ1v) is 8.70. The summed E-state index contributed by atoms with van der Waals surface area (Å²) in [5.74, 6) is 0.111. The molecule has 0 bridgehead atoms. The van der Waals surface area contributed by atoms with E-state index in [0.717, 1.165) is 26.9 Å². The minimum atomic E-state index is -0.120. The topological polar surface area (TPSA) is 49.3 Å². The summed E-state index contributed by atoms with van der Waals surface area (Å²) in [6.07, 6.45) is 0. The van der Waals surface area contributed by atoms with E-state index >= 15 is 0 Å². The number of carbonyl (C=O) groups excluding carboxylic acids is 1. The van der Waals surface area contributed by atoms with Crippen molar-refractivity contribution in [2.75, 3.05) is 5.32 Å². The van der Waals surface area contributed by atoms with Gasteiger partial charge in [0.1, 0.15) is 5.75 Å².